The minimum absolute atomic E-state index is 0.249. The molecular weight excluding hydrogens is 364 g/mol. The van der Waals surface area contributed by atoms with Crippen molar-refractivity contribution >= 4 is 11.9 Å². The number of carbonyl (C=O) groups is 2. The zero-order valence-corrected chi connectivity index (χ0v) is 16.8. The monoisotopic (exact) mass is 388 g/mol. The molecule has 0 spiro atoms. The van der Waals surface area contributed by atoms with Crippen molar-refractivity contribution in [3.63, 3.8) is 0 Å². The van der Waals surface area contributed by atoms with Crippen LogP contribution in [0, 0.1) is 12.8 Å². The number of carbonyl (C=O) groups excluding carboxylic acids is 2. The fourth-order valence-corrected chi connectivity index (χ4v) is 3.05. The molecule has 3 aromatic rings. The predicted octanol–water partition coefficient (Wildman–Crippen LogP) is 5.63. The Morgan fingerprint density at radius 2 is 1.31 bits per heavy atom. The second-order valence-electron chi connectivity index (χ2n) is 7.36. The molecule has 148 valence electrons. The van der Waals surface area contributed by atoms with Gasteiger partial charge in [-0.1, -0.05) is 56.3 Å². The molecule has 0 radical (unpaired) electrons. The molecule has 4 heteroatoms. The molecule has 0 saturated heterocycles. The summed E-state index contributed by atoms with van der Waals surface area (Å²) < 4.78 is 11.4. The van der Waals surface area contributed by atoms with E-state index in [0.717, 1.165) is 11.1 Å². The summed E-state index contributed by atoms with van der Waals surface area (Å²) in [7, 11) is 0. The van der Waals surface area contributed by atoms with Gasteiger partial charge in [0, 0.05) is 0 Å². The topological polar surface area (TPSA) is 52.6 Å². The highest BCUT2D eigenvalue weighted by molar-refractivity contribution is 5.93. The van der Waals surface area contributed by atoms with Gasteiger partial charge in [0.25, 0.3) is 0 Å². The second kappa shape index (κ2) is 9.20. The largest absolute Gasteiger partial charge is 0.419 e. The molecule has 4 nitrogen and oxygen atoms in total. The van der Waals surface area contributed by atoms with Crippen LogP contribution in [-0.2, 0) is 6.42 Å². The van der Waals surface area contributed by atoms with Crippen LogP contribution in [0.3, 0.4) is 0 Å². The van der Waals surface area contributed by atoms with Gasteiger partial charge in [0.2, 0.25) is 0 Å². The summed E-state index contributed by atoms with van der Waals surface area (Å²) in [6.07, 6.45) is 0.689. The first-order valence-corrected chi connectivity index (χ1v) is 9.62. The molecule has 29 heavy (non-hydrogen) atoms. The maximum atomic E-state index is 12.7. The molecule has 0 atom stereocenters. The number of esters is 2. The first-order valence-electron chi connectivity index (χ1n) is 9.62. The van der Waals surface area contributed by atoms with Crippen LogP contribution in [0.2, 0.25) is 0 Å². The van der Waals surface area contributed by atoms with E-state index < -0.39 is 11.9 Å². The summed E-state index contributed by atoms with van der Waals surface area (Å²) >= 11 is 0. The van der Waals surface area contributed by atoms with E-state index in [1.165, 1.54) is 0 Å². The van der Waals surface area contributed by atoms with Crippen molar-refractivity contribution in [3.8, 4) is 11.5 Å². The number of ether oxygens (including phenoxy) is 2. The molecule has 0 aliphatic rings. The normalized spacial score (nSPS) is 10.6. The number of aryl methyl sites for hydroxylation is 1. The first-order chi connectivity index (χ1) is 13.9. The second-order valence-corrected chi connectivity index (χ2v) is 7.36. The SMILES string of the molecule is Cc1cc(CC(C)C)c(OC(=O)c2ccccc2)c(OC(=O)c2ccccc2)c1. The smallest absolute Gasteiger partial charge is 0.343 e. The van der Waals surface area contributed by atoms with E-state index in [9.17, 15) is 9.59 Å². The van der Waals surface area contributed by atoms with Crippen molar-refractivity contribution in [2.75, 3.05) is 0 Å². The van der Waals surface area contributed by atoms with Crippen molar-refractivity contribution in [3.05, 3.63) is 95.1 Å². The van der Waals surface area contributed by atoms with Crippen LogP contribution in [0.4, 0.5) is 0 Å². The van der Waals surface area contributed by atoms with Crippen LogP contribution >= 0.6 is 0 Å². The zero-order chi connectivity index (χ0) is 20.8. The van der Waals surface area contributed by atoms with Gasteiger partial charge in [-0.25, -0.2) is 9.59 Å². The third-order valence-corrected chi connectivity index (χ3v) is 4.32. The van der Waals surface area contributed by atoms with E-state index in [4.69, 9.17) is 9.47 Å². The van der Waals surface area contributed by atoms with Crippen LogP contribution in [0.25, 0.3) is 0 Å². The molecule has 3 aromatic carbocycles. The summed E-state index contributed by atoms with van der Waals surface area (Å²) in [5.41, 5.74) is 2.62. The predicted molar refractivity (Wildman–Crippen MR) is 113 cm³/mol. The van der Waals surface area contributed by atoms with Gasteiger partial charge < -0.3 is 9.47 Å². The first kappa shape index (κ1) is 20.3. The Kier molecular flexibility index (Phi) is 6.45. The number of hydrogen-bond acceptors (Lipinski definition) is 4. The van der Waals surface area contributed by atoms with Gasteiger partial charge in [0.05, 0.1) is 11.1 Å². The van der Waals surface area contributed by atoms with Gasteiger partial charge in [-0.3, -0.25) is 0 Å². The van der Waals surface area contributed by atoms with Crippen LogP contribution in [-0.4, -0.2) is 11.9 Å². The summed E-state index contributed by atoms with van der Waals surface area (Å²) in [4.78, 5) is 25.3. The summed E-state index contributed by atoms with van der Waals surface area (Å²) in [6.45, 7) is 6.09. The van der Waals surface area contributed by atoms with E-state index in [2.05, 4.69) is 13.8 Å². The lowest BCUT2D eigenvalue weighted by molar-refractivity contribution is 0.0680. The molecular formula is C25H24O4. The van der Waals surface area contributed by atoms with Gasteiger partial charge in [-0.15, -0.1) is 0 Å². The van der Waals surface area contributed by atoms with Crippen molar-refractivity contribution in [2.45, 2.75) is 27.2 Å². The third kappa shape index (κ3) is 5.32. The molecule has 0 aliphatic heterocycles. The average molecular weight is 388 g/mol. The number of rotatable bonds is 6. The van der Waals surface area contributed by atoms with E-state index in [-0.39, 0.29) is 5.75 Å². The summed E-state index contributed by atoms with van der Waals surface area (Å²) in [5, 5.41) is 0. The fourth-order valence-electron chi connectivity index (χ4n) is 3.05. The molecule has 0 saturated carbocycles. The minimum Gasteiger partial charge on any atom is -0.419 e. The van der Waals surface area contributed by atoms with Gasteiger partial charge in [-0.05, 0) is 60.7 Å². The molecule has 3 rings (SSSR count). The van der Waals surface area contributed by atoms with Crippen molar-refractivity contribution in [1.82, 2.24) is 0 Å². The molecule has 0 aliphatic carbocycles. The Balaban J connectivity index is 1.98. The molecule has 0 heterocycles. The molecule has 0 amide bonds. The third-order valence-electron chi connectivity index (χ3n) is 4.32. The minimum atomic E-state index is -0.497. The molecule has 0 bridgehead atoms. The standard InChI is InChI=1S/C25H24O4/c1-17(2)14-21-15-18(3)16-22(28-24(26)19-10-6-4-7-11-19)23(21)29-25(27)20-12-8-5-9-13-20/h4-13,15-17H,14H2,1-3H3. The highest BCUT2D eigenvalue weighted by atomic mass is 16.6. The molecule has 0 fully saturated rings. The Bertz CT molecular complexity index is 992. The van der Waals surface area contributed by atoms with E-state index >= 15 is 0 Å². The van der Waals surface area contributed by atoms with Gasteiger partial charge >= 0.3 is 11.9 Å². The summed E-state index contributed by atoms with van der Waals surface area (Å²) in [6, 6.07) is 21.2. The Labute approximate surface area is 171 Å². The highest BCUT2D eigenvalue weighted by Crippen LogP contribution is 2.35. The van der Waals surface area contributed by atoms with E-state index in [0.29, 0.717) is 29.2 Å². The lowest BCUT2D eigenvalue weighted by atomic mass is 9.99. The maximum Gasteiger partial charge on any atom is 0.343 e. The highest BCUT2D eigenvalue weighted by Gasteiger charge is 2.21. The van der Waals surface area contributed by atoms with Crippen molar-refractivity contribution in [1.29, 1.82) is 0 Å². The van der Waals surface area contributed by atoms with Crippen LogP contribution in [0.15, 0.2) is 72.8 Å². The van der Waals surface area contributed by atoms with E-state index in [1.807, 2.05) is 25.1 Å². The lowest BCUT2D eigenvalue weighted by Crippen LogP contribution is -2.14. The Morgan fingerprint density at radius 3 is 1.83 bits per heavy atom. The summed E-state index contributed by atoms with van der Waals surface area (Å²) in [5.74, 6) is -0.106. The van der Waals surface area contributed by atoms with Crippen LogP contribution < -0.4 is 9.47 Å². The Morgan fingerprint density at radius 1 is 0.793 bits per heavy atom. The fraction of sp³-hybridized carbons (Fsp3) is 0.200. The van der Waals surface area contributed by atoms with Gasteiger partial charge in [0.1, 0.15) is 0 Å². The lowest BCUT2D eigenvalue weighted by Gasteiger charge is -2.17. The van der Waals surface area contributed by atoms with Gasteiger partial charge in [-0.2, -0.15) is 0 Å². The molecule has 0 N–H and O–H groups in total. The maximum absolute atomic E-state index is 12.7. The number of benzene rings is 3. The van der Waals surface area contributed by atoms with Crippen LogP contribution in [0.5, 0.6) is 11.5 Å². The average Bonchev–Trinajstić information content (AvgIpc) is 2.71. The van der Waals surface area contributed by atoms with E-state index in [1.54, 1.807) is 54.6 Å². The quantitative estimate of drug-likeness (QED) is 0.405. The van der Waals surface area contributed by atoms with Crippen LogP contribution in [0.1, 0.15) is 45.7 Å². The zero-order valence-electron chi connectivity index (χ0n) is 16.8. The molecule has 0 aromatic heterocycles. The van der Waals surface area contributed by atoms with Crippen molar-refractivity contribution in [2.24, 2.45) is 5.92 Å². The Hall–Kier alpha value is -3.40. The van der Waals surface area contributed by atoms with Gasteiger partial charge in [0.15, 0.2) is 11.5 Å². The number of hydrogen-bond donors (Lipinski definition) is 0. The van der Waals surface area contributed by atoms with Crippen molar-refractivity contribution < 1.29 is 19.1 Å². The molecule has 0 unspecified atom stereocenters.